The van der Waals surface area contributed by atoms with E-state index in [1.54, 1.807) is 13.4 Å². The van der Waals surface area contributed by atoms with Crippen molar-refractivity contribution in [1.82, 2.24) is 19.7 Å². The predicted molar refractivity (Wildman–Crippen MR) is 121 cm³/mol. The summed E-state index contributed by atoms with van der Waals surface area (Å²) in [5.74, 6) is 0.751. The van der Waals surface area contributed by atoms with Gasteiger partial charge in [-0.15, -0.1) is 0 Å². The number of rotatable bonds is 4. The van der Waals surface area contributed by atoms with Crippen molar-refractivity contribution in [3.05, 3.63) is 55.0 Å². The molecule has 7 nitrogen and oxygen atoms in total. The fraction of sp³-hybridized carbons (Fsp3) is 0.292. The number of methoxy groups -OCH3 is 1. The van der Waals surface area contributed by atoms with Crippen LogP contribution in [0.1, 0.15) is 12.8 Å². The lowest BCUT2D eigenvalue weighted by Crippen LogP contribution is -2.38. The number of nitrogens with zero attached hydrogens (tertiary/aromatic N) is 5. The van der Waals surface area contributed by atoms with Gasteiger partial charge in [0.25, 0.3) is 0 Å². The Kier molecular flexibility index (Phi) is 5.03. The smallest absolute Gasteiger partial charge is 0.144 e. The van der Waals surface area contributed by atoms with Gasteiger partial charge in [0, 0.05) is 48.9 Å². The largest absolute Gasteiger partial charge is 0.495 e. The van der Waals surface area contributed by atoms with Crippen LogP contribution in [0.4, 0.5) is 5.69 Å². The van der Waals surface area contributed by atoms with E-state index in [4.69, 9.17) is 9.84 Å². The summed E-state index contributed by atoms with van der Waals surface area (Å²) in [4.78, 5) is 11.3. The van der Waals surface area contributed by atoms with E-state index in [1.807, 2.05) is 42.2 Å². The maximum Gasteiger partial charge on any atom is 0.144 e. The summed E-state index contributed by atoms with van der Waals surface area (Å²) < 4.78 is 7.50. The van der Waals surface area contributed by atoms with Gasteiger partial charge >= 0.3 is 0 Å². The highest BCUT2D eigenvalue weighted by Gasteiger charge is 2.23. The van der Waals surface area contributed by atoms with Crippen molar-refractivity contribution in [2.75, 3.05) is 25.1 Å². The van der Waals surface area contributed by atoms with E-state index in [1.165, 1.54) is 0 Å². The van der Waals surface area contributed by atoms with Crippen molar-refractivity contribution in [3.8, 4) is 28.3 Å². The molecule has 0 radical (unpaired) electrons. The second-order valence-electron chi connectivity index (χ2n) is 7.94. The highest BCUT2D eigenvalue weighted by molar-refractivity contribution is 5.98. The zero-order valence-electron chi connectivity index (χ0n) is 17.7. The van der Waals surface area contributed by atoms with Crippen molar-refractivity contribution < 1.29 is 9.84 Å². The Morgan fingerprint density at radius 2 is 1.94 bits per heavy atom. The molecule has 2 aromatic heterocycles. The van der Waals surface area contributed by atoms with Crippen LogP contribution < -0.4 is 9.64 Å². The molecule has 2 aromatic carbocycles. The van der Waals surface area contributed by atoms with Crippen LogP contribution in [0.5, 0.6) is 5.75 Å². The molecule has 0 aliphatic carbocycles. The number of anilines is 1. The van der Waals surface area contributed by atoms with E-state index in [-0.39, 0.29) is 6.10 Å². The van der Waals surface area contributed by atoms with Crippen LogP contribution in [0.15, 0.2) is 55.0 Å². The van der Waals surface area contributed by atoms with Gasteiger partial charge in [-0.1, -0.05) is 30.3 Å². The summed E-state index contributed by atoms with van der Waals surface area (Å²) in [6.07, 6.45) is 5.03. The van der Waals surface area contributed by atoms with Gasteiger partial charge in [-0.3, -0.25) is 4.68 Å². The Balaban J connectivity index is 1.70. The number of aliphatic hydroxyl groups excluding tert-OH is 1. The van der Waals surface area contributed by atoms with Gasteiger partial charge < -0.3 is 14.7 Å². The summed E-state index contributed by atoms with van der Waals surface area (Å²) >= 11 is 0. The average molecular weight is 415 g/mol. The molecule has 7 heteroatoms. The van der Waals surface area contributed by atoms with Crippen molar-refractivity contribution in [2.24, 2.45) is 7.05 Å². The number of aromatic nitrogens is 4. The molecule has 4 aromatic rings. The first kappa shape index (κ1) is 19.5. The number of β-amino-alcohol motifs (C(OH)–C–C–N with tert-alkyl or cyclic N) is 1. The van der Waals surface area contributed by atoms with E-state index in [0.29, 0.717) is 6.54 Å². The molecule has 1 aliphatic rings. The number of hydrogen-bond acceptors (Lipinski definition) is 6. The second kappa shape index (κ2) is 8.00. The van der Waals surface area contributed by atoms with Gasteiger partial charge in [-0.25, -0.2) is 9.97 Å². The predicted octanol–water partition coefficient (Wildman–Crippen LogP) is 3.67. The Bertz CT molecular complexity index is 1220. The third-order valence-corrected chi connectivity index (χ3v) is 5.80. The number of aliphatic hydroxyl groups is 1. The van der Waals surface area contributed by atoms with Gasteiger partial charge in [0.2, 0.25) is 0 Å². The lowest BCUT2D eigenvalue weighted by atomic mass is 10.0. The van der Waals surface area contributed by atoms with Gasteiger partial charge in [0.05, 0.1) is 30.1 Å². The minimum atomic E-state index is -0.330. The minimum absolute atomic E-state index is 0.330. The molecule has 0 unspecified atom stereocenters. The molecule has 0 saturated carbocycles. The van der Waals surface area contributed by atoms with Gasteiger partial charge in [-0.2, -0.15) is 5.10 Å². The third kappa shape index (κ3) is 3.61. The Morgan fingerprint density at radius 1 is 1.10 bits per heavy atom. The van der Waals surface area contributed by atoms with Crippen LogP contribution in [-0.4, -0.2) is 51.2 Å². The molecule has 0 amide bonds. The first-order valence-corrected chi connectivity index (χ1v) is 10.5. The van der Waals surface area contributed by atoms with E-state index in [9.17, 15) is 5.11 Å². The quantitative estimate of drug-likeness (QED) is 0.548. The van der Waals surface area contributed by atoms with Gasteiger partial charge in [0.15, 0.2) is 0 Å². The Morgan fingerprint density at radius 3 is 2.71 bits per heavy atom. The molecular weight excluding hydrogens is 390 g/mol. The first-order chi connectivity index (χ1) is 15.1. The van der Waals surface area contributed by atoms with Crippen molar-refractivity contribution in [1.29, 1.82) is 0 Å². The molecule has 1 N–H and O–H groups in total. The monoisotopic (exact) mass is 415 g/mol. The molecule has 1 fully saturated rings. The van der Waals surface area contributed by atoms with Gasteiger partial charge in [0.1, 0.15) is 17.8 Å². The molecule has 0 spiro atoms. The van der Waals surface area contributed by atoms with Crippen LogP contribution in [0.25, 0.3) is 33.4 Å². The fourth-order valence-electron chi connectivity index (χ4n) is 4.34. The summed E-state index contributed by atoms with van der Waals surface area (Å²) in [7, 11) is 3.59. The van der Waals surface area contributed by atoms with Gasteiger partial charge in [-0.05, 0) is 18.9 Å². The number of hydrogen-bond donors (Lipinski definition) is 1. The molecular formula is C24H25N5O2. The summed E-state index contributed by atoms with van der Waals surface area (Å²) in [5.41, 5.74) is 5.47. The number of ether oxygens (including phenoxy) is 1. The summed E-state index contributed by atoms with van der Waals surface area (Å²) in [5, 5.41) is 15.8. The zero-order chi connectivity index (χ0) is 21.4. The van der Waals surface area contributed by atoms with Crippen LogP contribution in [-0.2, 0) is 7.05 Å². The summed E-state index contributed by atoms with van der Waals surface area (Å²) in [6, 6.07) is 14.2. The zero-order valence-corrected chi connectivity index (χ0v) is 17.7. The van der Waals surface area contributed by atoms with E-state index < -0.39 is 0 Å². The van der Waals surface area contributed by atoms with E-state index in [2.05, 4.69) is 33.1 Å². The van der Waals surface area contributed by atoms with E-state index in [0.717, 1.165) is 64.2 Å². The molecule has 1 saturated heterocycles. The highest BCUT2D eigenvalue weighted by atomic mass is 16.5. The lowest BCUT2D eigenvalue weighted by molar-refractivity contribution is 0.154. The maximum atomic E-state index is 10.2. The number of benzene rings is 2. The maximum absolute atomic E-state index is 10.2. The van der Waals surface area contributed by atoms with Crippen molar-refractivity contribution in [2.45, 2.75) is 18.9 Å². The Labute approximate surface area is 180 Å². The SMILES string of the molecule is COc1cc2ncnc(-c3cn(C)nc3-c3ccccc3)c2cc1N1CCC[C@H](O)C1. The Hall–Kier alpha value is -3.45. The van der Waals surface area contributed by atoms with Crippen LogP contribution >= 0.6 is 0 Å². The average Bonchev–Trinajstić information content (AvgIpc) is 3.19. The van der Waals surface area contributed by atoms with Crippen LogP contribution in [0, 0.1) is 0 Å². The minimum Gasteiger partial charge on any atom is -0.495 e. The standard InChI is InChI=1S/C24H25N5O2/c1-28-14-19(23(27-28)16-7-4-3-5-8-16)24-18-11-21(29-10-6-9-17(30)13-29)22(31-2)12-20(18)25-15-26-24/h3-5,7-8,11-12,14-15,17,30H,6,9-10,13H2,1-2H3/t17-/m0/s1. The molecule has 5 rings (SSSR count). The third-order valence-electron chi connectivity index (χ3n) is 5.80. The topological polar surface area (TPSA) is 76.3 Å². The fourth-order valence-corrected chi connectivity index (χ4v) is 4.34. The number of aryl methyl sites for hydroxylation is 1. The van der Waals surface area contributed by atoms with Crippen molar-refractivity contribution >= 4 is 16.6 Å². The normalized spacial score (nSPS) is 16.6. The molecule has 1 aliphatic heterocycles. The van der Waals surface area contributed by atoms with E-state index >= 15 is 0 Å². The van der Waals surface area contributed by atoms with Crippen LogP contribution in [0.2, 0.25) is 0 Å². The first-order valence-electron chi connectivity index (χ1n) is 10.5. The number of fused-ring (bicyclic) bond motifs is 1. The lowest BCUT2D eigenvalue weighted by Gasteiger charge is -2.33. The molecule has 158 valence electrons. The molecule has 1 atom stereocenters. The number of piperidine rings is 1. The van der Waals surface area contributed by atoms with Crippen LogP contribution in [0.3, 0.4) is 0 Å². The summed E-state index contributed by atoms with van der Waals surface area (Å²) in [6.45, 7) is 1.47. The van der Waals surface area contributed by atoms with Crippen molar-refractivity contribution in [3.63, 3.8) is 0 Å². The molecule has 3 heterocycles. The molecule has 0 bridgehead atoms. The highest BCUT2D eigenvalue weighted by Crippen LogP contribution is 2.39. The second-order valence-corrected chi connectivity index (χ2v) is 7.94. The molecule has 31 heavy (non-hydrogen) atoms.